The zero-order chi connectivity index (χ0) is 14.4. The minimum Gasteiger partial charge on any atom is -0.355 e. The molecular formula is C16H17N3O. The molecule has 2 aromatic carbocycles. The second-order valence-electron chi connectivity index (χ2n) is 4.22. The molecule has 0 heterocycles. The topological polar surface area (TPSA) is 53.5 Å². The molecule has 20 heavy (non-hydrogen) atoms. The van der Waals surface area contributed by atoms with E-state index < -0.39 is 0 Å². The van der Waals surface area contributed by atoms with Crippen LogP contribution in [0.1, 0.15) is 15.9 Å². The van der Waals surface area contributed by atoms with Gasteiger partial charge >= 0.3 is 0 Å². The van der Waals surface area contributed by atoms with Crippen molar-refractivity contribution in [1.29, 1.82) is 0 Å². The van der Waals surface area contributed by atoms with Crippen molar-refractivity contribution in [1.82, 2.24) is 5.32 Å². The van der Waals surface area contributed by atoms with Crippen molar-refractivity contribution in [2.75, 3.05) is 19.4 Å². The summed E-state index contributed by atoms with van der Waals surface area (Å²) in [6.45, 7) is 0. The third-order valence-corrected chi connectivity index (χ3v) is 2.91. The molecule has 1 amide bonds. The summed E-state index contributed by atoms with van der Waals surface area (Å²) in [6, 6.07) is 17.2. The zero-order valence-corrected chi connectivity index (χ0v) is 11.6. The molecule has 0 spiro atoms. The molecule has 0 fully saturated rings. The molecule has 102 valence electrons. The van der Waals surface area contributed by atoms with E-state index in [-0.39, 0.29) is 5.91 Å². The number of benzene rings is 2. The number of hydrogen-bond donors (Lipinski definition) is 2. The first-order chi connectivity index (χ1) is 9.74. The van der Waals surface area contributed by atoms with Crippen LogP contribution < -0.4 is 10.6 Å². The maximum atomic E-state index is 11.5. The van der Waals surface area contributed by atoms with E-state index in [1.54, 1.807) is 26.2 Å². The summed E-state index contributed by atoms with van der Waals surface area (Å²) >= 11 is 0. The van der Waals surface area contributed by atoms with Gasteiger partial charge in [0.15, 0.2) is 0 Å². The van der Waals surface area contributed by atoms with Crippen LogP contribution in [0, 0.1) is 0 Å². The number of anilines is 1. The van der Waals surface area contributed by atoms with Gasteiger partial charge in [-0.25, -0.2) is 0 Å². The van der Waals surface area contributed by atoms with Gasteiger partial charge < -0.3 is 10.6 Å². The first kappa shape index (κ1) is 13.8. The van der Waals surface area contributed by atoms with Gasteiger partial charge in [0.25, 0.3) is 5.91 Å². The van der Waals surface area contributed by atoms with Gasteiger partial charge in [-0.05, 0) is 24.3 Å². The number of carbonyl (C=O) groups excluding carboxylic acids is 1. The lowest BCUT2D eigenvalue weighted by atomic mass is 10.1. The molecular weight excluding hydrogens is 250 g/mol. The normalized spacial score (nSPS) is 11.0. The molecule has 0 saturated carbocycles. The Bertz CT molecular complexity index is 603. The number of carbonyl (C=O) groups is 1. The van der Waals surface area contributed by atoms with E-state index in [2.05, 4.69) is 15.6 Å². The van der Waals surface area contributed by atoms with Crippen LogP contribution in [-0.2, 0) is 0 Å². The molecule has 0 unspecified atom stereocenters. The van der Waals surface area contributed by atoms with Crippen molar-refractivity contribution < 1.29 is 4.79 Å². The molecule has 0 aliphatic rings. The van der Waals surface area contributed by atoms with Crippen molar-refractivity contribution >= 4 is 17.4 Å². The minimum atomic E-state index is -0.0935. The molecule has 0 aromatic heterocycles. The number of hydrogen-bond acceptors (Lipinski definition) is 2. The van der Waals surface area contributed by atoms with E-state index in [0.29, 0.717) is 5.56 Å². The highest BCUT2D eigenvalue weighted by Gasteiger charge is 2.05. The van der Waals surface area contributed by atoms with E-state index in [1.165, 1.54) is 0 Å². The van der Waals surface area contributed by atoms with Crippen LogP contribution in [0.2, 0.25) is 0 Å². The molecule has 2 rings (SSSR count). The van der Waals surface area contributed by atoms with E-state index in [9.17, 15) is 4.79 Å². The quantitative estimate of drug-likeness (QED) is 0.663. The van der Waals surface area contributed by atoms with Crippen molar-refractivity contribution in [2.24, 2.45) is 4.99 Å². The Morgan fingerprint density at radius 2 is 1.60 bits per heavy atom. The Hall–Kier alpha value is -2.62. The Balaban J connectivity index is 2.15. The van der Waals surface area contributed by atoms with Gasteiger partial charge in [0.1, 0.15) is 5.84 Å². The van der Waals surface area contributed by atoms with Crippen molar-refractivity contribution in [3.63, 3.8) is 0 Å². The highest BCUT2D eigenvalue weighted by atomic mass is 16.1. The molecule has 0 aliphatic carbocycles. The van der Waals surface area contributed by atoms with E-state index in [0.717, 1.165) is 17.1 Å². The van der Waals surface area contributed by atoms with E-state index in [4.69, 9.17) is 0 Å². The fourth-order valence-corrected chi connectivity index (χ4v) is 1.84. The maximum Gasteiger partial charge on any atom is 0.251 e. The fraction of sp³-hybridized carbons (Fsp3) is 0.125. The largest absolute Gasteiger partial charge is 0.355 e. The molecule has 0 radical (unpaired) electrons. The summed E-state index contributed by atoms with van der Waals surface area (Å²) in [4.78, 5) is 15.7. The Labute approximate surface area is 118 Å². The molecule has 4 heteroatoms. The third kappa shape index (κ3) is 3.23. The van der Waals surface area contributed by atoms with Crippen LogP contribution in [0.15, 0.2) is 59.6 Å². The number of amidine groups is 1. The zero-order valence-electron chi connectivity index (χ0n) is 11.6. The summed E-state index contributed by atoms with van der Waals surface area (Å²) in [6.07, 6.45) is 0. The first-order valence-corrected chi connectivity index (χ1v) is 6.36. The number of aliphatic imine (C=N–C) groups is 1. The van der Waals surface area contributed by atoms with E-state index in [1.807, 2.05) is 42.5 Å². The number of amides is 1. The average molecular weight is 267 g/mol. The number of rotatable bonds is 3. The second-order valence-corrected chi connectivity index (χ2v) is 4.22. The van der Waals surface area contributed by atoms with Crippen molar-refractivity contribution in [3.8, 4) is 0 Å². The third-order valence-electron chi connectivity index (χ3n) is 2.91. The van der Waals surface area contributed by atoms with Crippen LogP contribution in [0.3, 0.4) is 0 Å². The van der Waals surface area contributed by atoms with Gasteiger partial charge in [-0.1, -0.05) is 30.3 Å². The van der Waals surface area contributed by atoms with Gasteiger partial charge in [-0.3, -0.25) is 9.79 Å². The lowest BCUT2D eigenvalue weighted by Gasteiger charge is -2.10. The molecule has 2 N–H and O–H groups in total. The highest BCUT2D eigenvalue weighted by molar-refractivity contribution is 6.08. The standard InChI is InChI=1S/C16H17N3O/c1-17-15(12-6-4-3-5-7-12)19-14-10-8-13(9-11-14)16(20)18-2/h3-11H,1-2H3,(H,17,19)(H,18,20). The molecule has 2 aromatic rings. The lowest BCUT2D eigenvalue weighted by Crippen LogP contribution is -2.18. The van der Waals surface area contributed by atoms with Crippen LogP contribution in [0.25, 0.3) is 0 Å². The summed E-state index contributed by atoms with van der Waals surface area (Å²) in [5.74, 6) is 0.697. The molecule has 0 aliphatic heterocycles. The predicted molar refractivity (Wildman–Crippen MR) is 82.4 cm³/mol. The van der Waals surface area contributed by atoms with Gasteiger partial charge in [0.2, 0.25) is 0 Å². The molecule has 4 nitrogen and oxygen atoms in total. The van der Waals surface area contributed by atoms with Crippen LogP contribution in [0.4, 0.5) is 5.69 Å². The van der Waals surface area contributed by atoms with E-state index >= 15 is 0 Å². The average Bonchev–Trinajstić information content (AvgIpc) is 2.53. The summed E-state index contributed by atoms with van der Waals surface area (Å²) in [7, 11) is 3.36. The summed E-state index contributed by atoms with van der Waals surface area (Å²) < 4.78 is 0. The Morgan fingerprint density at radius 1 is 0.950 bits per heavy atom. The summed E-state index contributed by atoms with van der Waals surface area (Å²) in [5, 5.41) is 5.84. The van der Waals surface area contributed by atoms with Gasteiger partial charge in [-0.2, -0.15) is 0 Å². The van der Waals surface area contributed by atoms with Crippen molar-refractivity contribution in [3.05, 3.63) is 65.7 Å². The number of nitrogens with zero attached hydrogens (tertiary/aromatic N) is 1. The highest BCUT2D eigenvalue weighted by Crippen LogP contribution is 2.12. The van der Waals surface area contributed by atoms with Crippen molar-refractivity contribution in [2.45, 2.75) is 0 Å². The molecule has 0 bridgehead atoms. The molecule has 0 atom stereocenters. The lowest BCUT2D eigenvalue weighted by molar-refractivity contribution is 0.0963. The van der Waals surface area contributed by atoms with Crippen LogP contribution in [0.5, 0.6) is 0 Å². The van der Waals surface area contributed by atoms with Gasteiger partial charge in [0, 0.05) is 30.9 Å². The SMILES string of the molecule is CN=C(Nc1ccc(C(=O)NC)cc1)c1ccccc1. The van der Waals surface area contributed by atoms with Gasteiger partial charge in [-0.15, -0.1) is 0 Å². The number of nitrogens with one attached hydrogen (secondary N) is 2. The van der Waals surface area contributed by atoms with Crippen LogP contribution >= 0.6 is 0 Å². The monoisotopic (exact) mass is 267 g/mol. The predicted octanol–water partition coefficient (Wildman–Crippen LogP) is 2.53. The maximum absolute atomic E-state index is 11.5. The van der Waals surface area contributed by atoms with Crippen LogP contribution in [-0.4, -0.2) is 25.8 Å². The minimum absolute atomic E-state index is 0.0935. The second kappa shape index (κ2) is 6.52. The molecule has 0 saturated heterocycles. The first-order valence-electron chi connectivity index (χ1n) is 6.36. The van der Waals surface area contributed by atoms with Gasteiger partial charge in [0.05, 0.1) is 0 Å². The summed E-state index contributed by atoms with van der Waals surface area (Å²) in [5.41, 5.74) is 2.54. The smallest absolute Gasteiger partial charge is 0.251 e. The fourth-order valence-electron chi connectivity index (χ4n) is 1.84. The Morgan fingerprint density at radius 3 is 2.15 bits per heavy atom. The Kier molecular flexibility index (Phi) is 4.50.